The van der Waals surface area contributed by atoms with Crippen LogP contribution in [0.3, 0.4) is 0 Å². The maximum absolute atomic E-state index is 12.4. The minimum absolute atomic E-state index is 0.0490. The summed E-state index contributed by atoms with van der Waals surface area (Å²) in [5.41, 5.74) is 0.930. The number of aromatic nitrogens is 4. The molecule has 0 aliphatic heterocycles. The molecule has 3 N–H and O–H groups in total. The number of benzene rings is 1. The molecule has 0 amide bonds. The number of nitrogens with zero attached hydrogens (tertiary/aromatic N) is 4. The SMILES string of the molecule is Cn1c(=O)c2c(ncn2CCCNCCc2cc(O)cc(O)c2)n(C)c1=O. The van der Waals surface area contributed by atoms with Gasteiger partial charge in [-0.3, -0.25) is 13.9 Å². The van der Waals surface area contributed by atoms with Crippen molar-refractivity contribution in [2.24, 2.45) is 14.1 Å². The zero-order valence-corrected chi connectivity index (χ0v) is 15.3. The van der Waals surface area contributed by atoms with Crippen molar-refractivity contribution < 1.29 is 10.2 Å². The lowest BCUT2D eigenvalue weighted by Gasteiger charge is -2.08. The molecular formula is C18H23N5O4. The zero-order chi connectivity index (χ0) is 19.6. The van der Waals surface area contributed by atoms with Crippen LogP contribution >= 0.6 is 0 Å². The summed E-state index contributed by atoms with van der Waals surface area (Å²) in [4.78, 5) is 28.5. The van der Waals surface area contributed by atoms with Crippen LogP contribution in [0.5, 0.6) is 11.5 Å². The first kappa shape index (κ1) is 18.7. The number of imidazole rings is 1. The smallest absolute Gasteiger partial charge is 0.332 e. The molecule has 0 fully saturated rings. The van der Waals surface area contributed by atoms with E-state index in [0.29, 0.717) is 30.7 Å². The highest BCUT2D eigenvalue weighted by Crippen LogP contribution is 2.20. The van der Waals surface area contributed by atoms with Crippen LogP contribution < -0.4 is 16.6 Å². The summed E-state index contributed by atoms with van der Waals surface area (Å²) >= 11 is 0. The van der Waals surface area contributed by atoms with Crippen LogP contribution in [0, 0.1) is 0 Å². The lowest BCUT2D eigenvalue weighted by molar-refractivity contribution is 0.449. The predicted octanol–water partition coefficient (Wildman–Crippen LogP) is 0.0673. The van der Waals surface area contributed by atoms with Gasteiger partial charge in [0.25, 0.3) is 5.56 Å². The Hall–Kier alpha value is -3.07. The third kappa shape index (κ3) is 3.87. The topological polar surface area (TPSA) is 114 Å². The van der Waals surface area contributed by atoms with Crippen molar-refractivity contribution in [3.05, 3.63) is 50.9 Å². The summed E-state index contributed by atoms with van der Waals surface area (Å²) in [6, 6.07) is 4.55. The highest BCUT2D eigenvalue weighted by atomic mass is 16.3. The molecule has 0 radical (unpaired) electrons. The molecule has 3 rings (SSSR count). The molecule has 0 unspecified atom stereocenters. The number of aryl methyl sites for hydroxylation is 2. The Labute approximate surface area is 155 Å². The summed E-state index contributed by atoms with van der Waals surface area (Å²) < 4.78 is 4.23. The van der Waals surface area contributed by atoms with Gasteiger partial charge in [0.05, 0.1) is 6.33 Å². The quantitative estimate of drug-likeness (QED) is 0.505. The Morgan fingerprint density at radius 3 is 2.44 bits per heavy atom. The molecule has 0 atom stereocenters. The second kappa shape index (κ2) is 7.67. The molecule has 0 bridgehead atoms. The van der Waals surface area contributed by atoms with Gasteiger partial charge >= 0.3 is 5.69 Å². The minimum atomic E-state index is -0.391. The summed E-state index contributed by atoms with van der Waals surface area (Å²) in [6.45, 7) is 2.03. The summed E-state index contributed by atoms with van der Waals surface area (Å²) in [7, 11) is 3.06. The number of rotatable bonds is 7. The molecule has 9 nitrogen and oxygen atoms in total. The van der Waals surface area contributed by atoms with Gasteiger partial charge in [0.2, 0.25) is 0 Å². The van der Waals surface area contributed by atoms with E-state index in [9.17, 15) is 19.8 Å². The summed E-state index contributed by atoms with van der Waals surface area (Å²) in [6.07, 6.45) is 3.04. The summed E-state index contributed by atoms with van der Waals surface area (Å²) in [5.74, 6) is 0.0981. The Balaban J connectivity index is 1.55. The first-order valence-corrected chi connectivity index (χ1v) is 8.72. The van der Waals surface area contributed by atoms with Gasteiger partial charge in [-0.15, -0.1) is 0 Å². The summed E-state index contributed by atoms with van der Waals surface area (Å²) in [5, 5.41) is 22.2. The monoisotopic (exact) mass is 373 g/mol. The largest absolute Gasteiger partial charge is 0.508 e. The molecule has 1 aromatic carbocycles. The molecule has 9 heteroatoms. The molecule has 144 valence electrons. The molecule has 3 aromatic rings. The fourth-order valence-electron chi connectivity index (χ4n) is 3.10. The van der Waals surface area contributed by atoms with Gasteiger partial charge in [0, 0.05) is 26.7 Å². The van der Waals surface area contributed by atoms with Crippen LogP contribution in [0.1, 0.15) is 12.0 Å². The Bertz CT molecular complexity index is 1060. The standard InChI is InChI=1S/C18H23N5O4/c1-21-16-15(17(26)22(2)18(21)27)23(11-20-16)7-3-5-19-6-4-12-8-13(24)10-14(25)9-12/h8-11,19,24-25H,3-7H2,1-2H3. The van der Waals surface area contributed by atoms with Gasteiger partial charge in [-0.05, 0) is 43.6 Å². The van der Waals surface area contributed by atoms with Crippen molar-refractivity contribution in [3.8, 4) is 11.5 Å². The van der Waals surface area contributed by atoms with Crippen LogP contribution in [0.4, 0.5) is 0 Å². The van der Waals surface area contributed by atoms with Crippen LogP contribution in [0.25, 0.3) is 11.2 Å². The maximum atomic E-state index is 12.4. The molecule has 27 heavy (non-hydrogen) atoms. The second-order valence-electron chi connectivity index (χ2n) is 6.53. The number of nitrogens with one attached hydrogen (secondary N) is 1. The fourth-order valence-corrected chi connectivity index (χ4v) is 3.10. The fraction of sp³-hybridized carbons (Fsp3) is 0.389. The van der Waals surface area contributed by atoms with E-state index in [1.807, 2.05) is 0 Å². The first-order valence-electron chi connectivity index (χ1n) is 8.72. The van der Waals surface area contributed by atoms with E-state index >= 15 is 0 Å². The Kier molecular flexibility index (Phi) is 5.31. The lowest BCUT2D eigenvalue weighted by Crippen LogP contribution is -2.37. The number of hydrogen-bond donors (Lipinski definition) is 3. The van der Waals surface area contributed by atoms with Crippen molar-refractivity contribution >= 4 is 11.2 Å². The molecule has 0 spiro atoms. The minimum Gasteiger partial charge on any atom is -0.508 e. The van der Waals surface area contributed by atoms with E-state index in [1.165, 1.54) is 17.7 Å². The van der Waals surface area contributed by atoms with Crippen molar-refractivity contribution in [3.63, 3.8) is 0 Å². The molecule has 2 aromatic heterocycles. The van der Waals surface area contributed by atoms with Gasteiger partial charge in [-0.25, -0.2) is 9.78 Å². The number of hydrogen-bond acceptors (Lipinski definition) is 6. The van der Waals surface area contributed by atoms with Crippen molar-refractivity contribution in [2.75, 3.05) is 13.1 Å². The highest BCUT2D eigenvalue weighted by Gasteiger charge is 2.13. The van der Waals surface area contributed by atoms with Gasteiger partial charge in [0.15, 0.2) is 11.2 Å². The van der Waals surface area contributed by atoms with E-state index in [-0.39, 0.29) is 17.1 Å². The molecule has 0 aliphatic rings. The first-order chi connectivity index (χ1) is 12.9. The van der Waals surface area contributed by atoms with Gasteiger partial charge in [-0.1, -0.05) is 0 Å². The number of phenolic OH excluding ortho intramolecular Hbond substituents is 2. The highest BCUT2D eigenvalue weighted by molar-refractivity contribution is 5.69. The van der Waals surface area contributed by atoms with Crippen LogP contribution in [-0.4, -0.2) is 42.0 Å². The van der Waals surface area contributed by atoms with Gasteiger partial charge < -0.3 is 20.1 Å². The molecule has 0 aliphatic carbocycles. The third-order valence-corrected chi connectivity index (χ3v) is 4.52. The second-order valence-corrected chi connectivity index (χ2v) is 6.53. The Morgan fingerprint density at radius 2 is 1.74 bits per heavy atom. The lowest BCUT2D eigenvalue weighted by atomic mass is 10.1. The van der Waals surface area contributed by atoms with Crippen LogP contribution in [0.15, 0.2) is 34.1 Å². The van der Waals surface area contributed by atoms with Gasteiger partial charge in [-0.2, -0.15) is 0 Å². The average Bonchev–Trinajstić information content (AvgIpc) is 3.04. The van der Waals surface area contributed by atoms with E-state index < -0.39 is 5.69 Å². The molecular weight excluding hydrogens is 350 g/mol. The molecule has 0 saturated heterocycles. The number of fused-ring (bicyclic) bond motifs is 1. The van der Waals surface area contributed by atoms with E-state index in [1.54, 1.807) is 30.1 Å². The van der Waals surface area contributed by atoms with E-state index in [4.69, 9.17) is 0 Å². The van der Waals surface area contributed by atoms with Gasteiger partial charge in [0.1, 0.15) is 11.5 Å². The van der Waals surface area contributed by atoms with Crippen LogP contribution in [0.2, 0.25) is 0 Å². The van der Waals surface area contributed by atoms with Crippen molar-refractivity contribution in [1.29, 1.82) is 0 Å². The third-order valence-electron chi connectivity index (χ3n) is 4.52. The Morgan fingerprint density at radius 1 is 1.04 bits per heavy atom. The van der Waals surface area contributed by atoms with Crippen LogP contribution in [-0.2, 0) is 27.1 Å². The van der Waals surface area contributed by atoms with Crippen molar-refractivity contribution in [1.82, 2.24) is 24.0 Å². The van der Waals surface area contributed by atoms with E-state index in [2.05, 4.69) is 10.3 Å². The zero-order valence-electron chi connectivity index (χ0n) is 15.3. The maximum Gasteiger partial charge on any atom is 0.332 e. The van der Waals surface area contributed by atoms with E-state index in [0.717, 1.165) is 23.1 Å². The average molecular weight is 373 g/mol. The number of aromatic hydroxyl groups is 2. The van der Waals surface area contributed by atoms with Crippen molar-refractivity contribution in [2.45, 2.75) is 19.4 Å². The molecule has 2 heterocycles. The number of phenols is 2. The normalized spacial score (nSPS) is 11.3. The molecule has 0 saturated carbocycles. The predicted molar refractivity (Wildman–Crippen MR) is 101 cm³/mol.